The van der Waals surface area contributed by atoms with Crippen LogP contribution < -0.4 is 23.3 Å². The first-order chi connectivity index (χ1) is 8.33. The molecule has 0 aliphatic carbocycles. The molecule has 0 radical (unpaired) electrons. The second-order valence-corrected chi connectivity index (χ2v) is 5.04. The molecule has 0 amide bonds. The number of thiazole rings is 1. The number of aromatic nitrogens is 2. The first kappa shape index (κ1) is 13.5. The van der Waals surface area contributed by atoms with Gasteiger partial charge in [-0.05, 0) is 0 Å². The zero-order valence-electron chi connectivity index (χ0n) is 9.80. The number of fused-ring (bicyclic) bond motifs is 1. The van der Waals surface area contributed by atoms with Gasteiger partial charge in [0.15, 0.2) is 4.96 Å². The Morgan fingerprint density at radius 3 is 2.94 bits per heavy atom. The monoisotopic (exact) mass is 285 g/mol. The number of hydrogen-bond acceptors (Lipinski definition) is 5. The molecule has 98 valence electrons. The van der Waals surface area contributed by atoms with Gasteiger partial charge in [0, 0.05) is 50.4 Å². The molecule has 5 nitrogen and oxygen atoms in total. The van der Waals surface area contributed by atoms with Crippen LogP contribution in [0.5, 0.6) is 0 Å². The summed E-state index contributed by atoms with van der Waals surface area (Å²) in [6.07, 6.45) is 1.77. The number of piperazine rings is 1. The zero-order chi connectivity index (χ0) is 11.7. The van der Waals surface area contributed by atoms with Crippen molar-refractivity contribution in [1.82, 2.24) is 19.6 Å². The van der Waals surface area contributed by atoms with Gasteiger partial charge in [-0.25, -0.2) is 4.98 Å². The van der Waals surface area contributed by atoms with Crippen molar-refractivity contribution in [2.45, 2.75) is 6.54 Å². The highest BCUT2D eigenvalue weighted by molar-refractivity contribution is 7.15. The van der Waals surface area contributed by atoms with Gasteiger partial charge in [-0.2, -0.15) is 0 Å². The molecular weight excluding hydrogens is 272 g/mol. The Bertz CT molecular complexity index is 576. The molecule has 1 saturated heterocycles. The molecule has 2 aromatic heterocycles. The van der Waals surface area contributed by atoms with Gasteiger partial charge in [-0.1, -0.05) is 0 Å². The highest BCUT2D eigenvalue weighted by atomic mass is 35.5. The van der Waals surface area contributed by atoms with Gasteiger partial charge in [-0.3, -0.25) is 14.1 Å². The van der Waals surface area contributed by atoms with E-state index in [1.54, 1.807) is 16.7 Å². The van der Waals surface area contributed by atoms with Gasteiger partial charge in [0.25, 0.3) is 5.56 Å². The average molecular weight is 286 g/mol. The number of halogens is 1. The molecule has 1 aliphatic heterocycles. The molecule has 7 heteroatoms. The molecular formula is C11H14ClN4OS-. The van der Waals surface area contributed by atoms with Crippen LogP contribution in [0.2, 0.25) is 0 Å². The SMILES string of the molecule is O=c1cc(CN2CCNCC2)nc2sccn12.[Cl-]. The van der Waals surface area contributed by atoms with E-state index in [-0.39, 0.29) is 18.0 Å². The summed E-state index contributed by atoms with van der Waals surface area (Å²) in [4.78, 5) is 19.4. The van der Waals surface area contributed by atoms with E-state index in [0.29, 0.717) is 0 Å². The fourth-order valence-electron chi connectivity index (χ4n) is 2.07. The number of hydrogen-bond donors (Lipinski definition) is 1. The second-order valence-electron chi connectivity index (χ2n) is 4.17. The van der Waals surface area contributed by atoms with E-state index < -0.39 is 0 Å². The summed E-state index contributed by atoms with van der Waals surface area (Å²) in [5.74, 6) is 0. The van der Waals surface area contributed by atoms with E-state index in [1.807, 2.05) is 5.38 Å². The van der Waals surface area contributed by atoms with E-state index >= 15 is 0 Å². The summed E-state index contributed by atoms with van der Waals surface area (Å²) in [7, 11) is 0. The third-order valence-electron chi connectivity index (χ3n) is 2.95. The maximum Gasteiger partial charge on any atom is 0.258 e. The zero-order valence-corrected chi connectivity index (χ0v) is 11.4. The highest BCUT2D eigenvalue weighted by Crippen LogP contribution is 2.08. The molecule has 0 saturated carbocycles. The Hall–Kier alpha value is -0.950. The molecule has 0 spiro atoms. The number of nitrogens with zero attached hydrogens (tertiary/aromatic N) is 3. The average Bonchev–Trinajstić information content (AvgIpc) is 2.79. The van der Waals surface area contributed by atoms with Crippen LogP contribution in [0, 0.1) is 0 Å². The third kappa shape index (κ3) is 2.72. The predicted octanol–water partition coefficient (Wildman–Crippen LogP) is -2.83. The van der Waals surface area contributed by atoms with Crippen LogP contribution in [0.1, 0.15) is 5.69 Å². The van der Waals surface area contributed by atoms with Gasteiger partial charge in [0.2, 0.25) is 0 Å². The lowest BCUT2D eigenvalue weighted by molar-refractivity contribution is -0.00000363. The minimum Gasteiger partial charge on any atom is -1.00 e. The van der Waals surface area contributed by atoms with E-state index in [2.05, 4.69) is 15.2 Å². The van der Waals surface area contributed by atoms with Gasteiger partial charge in [-0.15, -0.1) is 11.3 Å². The first-order valence-electron chi connectivity index (χ1n) is 5.72. The predicted molar refractivity (Wildman–Crippen MR) is 67.5 cm³/mol. The van der Waals surface area contributed by atoms with Crippen LogP contribution in [0.3, 0.4) is 0 Å². The summed E-state index contributed by atoms with van der Waals surface area (Å²) < 4.78 is 1.59. The quantitative estimate of drug-likeness (QED) is 0.646. The van der Waals surface area contributed by atoms with Crippen molar-refractivity contribution in [3.8, 4) is 0 Å². The van der Waals surface area contributed by atoms with Crippen molar-refractivity contribution < 1.29 is 12.4 Å². The summed E-state index contributed by atoms with van der Waals surface area (Å²) in [6, 6.07) is 1.64. The van der Waals surface area contributed by atoms with Crippen LogP contribution in [-0.4, -0.2) is 40.5 Å². The van der Waals surface area contributed by atoms with Crippen molar-refractivity contribution in [2.75, 3.05) is 26.2 Å². The Morgan fingerprint density at radius 2 is 2.17 bits per heavy atom. The first-order valence-corrected chi connectivity index (χ1v) is 6.60. The van der Waals surface area contributed by atoms with Crippen molar-refractivity contribution in [2.24, 2.45) is 0 Å². The summed E-state index contributed by atoms with van der Waals surface area (Å²) >= 11 is 1.50. The number of nitrogens with one attached hydrogen (secondary N) is 1. The lowest BCUT2D eigenvalue weighted by Crippen LogP contribution is -3.00. The van der Waals surface area contributed by atoms with Crippen LogP contribution in [0.4, 0.5) is 0 Å². The van der Waals surface area contributed by atoms with Crippen molar-refractivity contribution in [1.29, 1.82) is 0 Å². The smallest absolute Gasteiger partial charge is 0.258 e. The third-order valence-corrected chi connectivity index (χ3v) is 3.71. The van der Waals surface area contributed by atoms with E-state index in [9.17, 15) is 4.79 Å². The minimum atomic E-state index is 0. The van der Waals surface area contributed by atoms with Gasteiger partial charge < -0.3 is 17.7 Å². The molecule has 2 aromatic rings. The van der Waals surface area contributed by atoms with Gasteiger partial charge >= 0.3 is 0 Å². The molecule has 3 rings (SSSR count). The largest absolute Gasteiger partial charge is 1.00 e. The molecule has 0 unspecified atom stereocenters. The lowest BCUT2D eigenvalue weighted by Gasteiger charge is -2.26. The summed E-state index contributed by atoms with van der Waals surface area (Å²) in [5, 5.41) is 5.20. The summed E-state index contributed by atoms with van der Waals surface area (Å²) in [6.45, 7) is 4.84. The van der Waals surface area contributed by atoms with Crippen LogP contribution in [-0.2, 0) is 6.54 Å². The van der Waals surface area contributed by atoms with Crippen molar-refractivity contribution in [3.05, 3.63) is 33.7 Å². The minimum absolute atomic E-state index is 0. The fourth-order valence-corrected chi connectivity index (χ4v) is 2.81. The Labute approximate surface area is 115 Å². The maximum atomic E-state index is 11.8. The molecule has 0 bridgehead atoms. The molecule has 18 heavy (non-hydrogen) atoms. The second kappa shape index (κ2) is 5.79. The highest BCUT2D eigenvalue weighted by Gasteiger charge is 2.11. The number of rotatable bonds is 2. The molecule has 1 aliphatic rings. The maximum absolute atomic E-state index is 11.8. The normalized spacial score (nSPS) is 16.7. The van der Waals surface area contributed by atoms with E-state index in [0.717, 1.165) is 43.4 Å². The Morgan fingerprint density at radius 1 is 1.39 bits per heavy atom. The molecule has 3 heterocycles. The van der Waals surface area contributed by atoms with Gasteiger partial charge in [0.05, 0.1) is 5.69 Å². The Balaban J connectivity index is 0.00000120. The molecule has 0 aromatic carbocycles. The van der Waals surface area contributed by atoms with Gasteiger partial charge in [0.1, 0.15) is 0 Å². The standard InChI is InChI=1S/C11H14N4OS.ClH/c16-10-7-9(8-14-3-1-12-2-4-14)13-11-15(10)5-6-17-11;/h5-7,12H,1-4,8H2;1H/p-1. The van der Waals surface area contributed by atoms with Crippen molar-refractivity contribution in [3.63, 3.8) is 0 Å². The molecule has 1 fully saturated rings. The van der Waals surface area contributed by atoms with E-state index in [4.69, 9.17) is 0 Å². The Kier molecular flexibility index (Phi) is 4.34. The van der Waals surface area contributed by atoms with Crippen LogP contribution >= 0.6 is 11.3 Å². The summed E-state index contributed by atoms with van der Waals surface area (Å²) in [5.41, 5.74) is 0.890. The lowest BCUT2D eigenvalue weighted by atomic mass is 10.3. The topological polar surface area (TPSA) is 49.6 Å². The molecule has 1 N–H and O–H groups in total. The van der Waals surface area contributed by atoms with Crippen LogP contribution in [0.25, 0.3) is 4.96 Å². The van der Waals surface area contributed by atoms with E-state index in [1.165, 1.54) is 11.3 Å². The fraction of sp³-hybridized carbons (Fsp3) is 0.455. The molecule has 0 atom stereocenters. The van der Waals surface area contributed by atoms with Crippen molar-refractivity contribution >= 4 is 16.3 Å². The van der Waals surface area contributed by atoms with Crippen LogP contribution in [0.15, 0.2) is 22.4 Å².